The molecule has 8 heteroatoms. The standard InChI is InChI=1S/C23H31N5O3/c1-27-19-3-2-16(11-18(19)25-26-27)13-24-21(29)20-12-17(14-28(20)22(30)31)10-15-4-6-23(7-5-15)8-9-23/h2-3,11,15,17,20H,4-10,12-14H2,1H3,(H,24,29)(H,30,31)/t17-,20+/m1/s1. The predicted octanol–water partition coefficient (Wildman–Crippen LogP) is 3.31. The molecule has 0 radical (unpaired) electrons. The zero-order chi connectivity index (χ0) is 21.6. The normalized spacial score (nSPS) is 25.3. The fourth-order valence-corrected chi connectivity index (χ4v) is 5.73. The van der Waals surface area contributed by atoms with Crippen LogP contribution >= 0.6 is 0 Å². The molecule has 2 saturated carbocycles. The molecule has 3 fully saturated rings. The number of hydrogen-bond acceptors (Lipinski definition) is 4. The molecule has 2 amide bonds. The molecule has 2 heterocycles. The number of hydrogen-bond donors (Lipinski definition) is 2. The first-order valence-corrected chi connectivity index (χ1v) is 11.5. The summed E-state index contributed by atoms with van der Waals surface area (Å²) in [5.41, 5.74) is 3.31. The van der Waals surface area contributed by atoms with Crippen molar-refractivity contribution < 1.29 is 14.7 Å². The van der Waals surface area contributed by atoms with E-state index in [0.717, 1.165) is 23.0 Å². The molecule has 2 aromatic rings. The number of rotatable bonds is 5. The summed E-state index contributed by atoms with van der Waals surface area (Å²) in [6, 6.07) is 5.18. The molecule has 31 heavy (non-hydrogen) atoms. The van der Waals surface area contributed by atoms with Crippen molar-refractivity contribution in [2.45, 2.75) is 64.0 Å². The summed E-state index contributed by atoms with van der Waals surface area (Å²) in [4.78, 5) is 26.0. The van der Waals surface area contributed by atoms with Gasteiger partial charge in [0.15, 0.2) is 0 Å². The highest BCUT2D eigenvalue weighted by molar-refractivity contribution is 5.86. The van der Waals surface area contributed by atoms with Crippen LogP contribution in [0.4, 0.5) is 4.79 Å². The molecule has 0 unspecified atom stereocenters. The third-order valence-electron chi connectivity index (χ3n) is 7.87. The van der Waals surface area contributed by atoms with E-state index in [0.29, 0.717) is 30.8 Å². The molecule has 3 aliphatic rings. The first-order valence-electron chi connectivity index (χ1n) is 11.5. The van der Waals surface area contributed by atoms with Gasteiger partial charge in [0, 0.05) is 20.1 Å². The van der Waals surface area contributed by atoms with Crippen LogP contribution < -0.4 is 5.32 Å². The Morgan fingerprint density at radius 1 is 1.19 bits per heavy atom. The number of aromatic nitrogens is 3. The fraction of sp³-hybridized carbons (Fsp3) is 0.652. The van der Waals surface area contributed by atoms with E-state index in [4.69, 9.17) is 0 Å². The SMILES string of the molecule is Cn1nnc2cc(CNC(=O)[C@@H]3C[C@@H](CC4CCC5(CC4)CC5)CN3C(=O)O)ccc21. The monoisotopic (exact) mass is 425 g/mol. The summed E-state index contributed by atoms with van der Waals surface area (Å²) in [6.07, 6.45) is 8.71. The Morgan fingerprint density at radius 3 is 2.68 bits per heavy atom. The van der Waals surface area contributed by atoms with Crippen LogP contribution in [-0.2, 0) is 18.4 Å². The van der Waals surface area contributed by atoms with Crippen molar-refractivity contribution in [2.75, 3.05) is 6.54 Å². The molecule has 2 atom stereocenters. The average Bonchev–Trinajstić information content (AvgIpc) is 3.21. The van der Waals surface area contributed by atoms with Gasteiger partial charge in [0.25, 0.3) is 0 Å². The van der Waals surface area contributed by atoms with E-state index in [1.54, 1.807) is 4.68 Å². The predicted molar refractivity (Wildman–Crippen MR) is 115 cm³/mol. The molecule has 1 saturated heterocycles. The molecule has 1 aliphatic heterocycles. The number of carboxylic acid groups (broad SMARTS) is 1. The molecule has 1 aromatic heterocycles. The van der Waals surface area contributed by atoms with E-state index in [1.807, 2.05) is 25.2 Å². The van der Waals surface area contributed by atoms with Crippen molar-refractivity contribution in [3.05, 3.63) is 23.8 Å². The molecular weight excluding hydrogens is 394 g/mol. The van der Waals surface area contributed by atoms with Crippen LogP contribution in [0, 0.1) is 17.3 Å². The summed E-state index contributed by atoms with van der Waals surface area (Å²) in [5, 5.41) is 20.7. The first-order chi connectivity index (χ1) is 14.9. The van der Waals surface area contributed by atoms with Gasteiger partial charge in [-0.05, 0) is 86.3 Å². The second-order valence-electron chi connectivity index (χ2n) is 9.99. The van der Waals surface area contributed by atoms with E-state index in [-0.39, 0.29) is 11.8 Å². The maximum atomic E-state index is 12.9. The van der Waals surface area contributed by atoms with Gasteiger partial charge in [0.1, 0.15) is 11.6 Å². The Bertz CT molecular complexity index is 988. The Labute approximate surface area is 182 Å². The summed E-state index contributed by atoms with van der Waals surface area (Å²) in [6.45, 7) is 0.825. The Morgan fingerprint density at radius 2 is 1.97 bits per heavy atom. The van der Waals surface area contributed by atoms with Gasteiger partial charge in [0.2, 0.25) is 5.91 Å². The summed E-state index contributed by atoms with van der Waals surface area (Å²) in [5.74, 6) is 0.762. The highest BCUT2D eigenvalue weighted by atomic mass is 16.4. The molecule has 1 aromatic carbocycles. The number of fused-ring (bicyclic) bond motifs is 1. The van der Waals surface area contributed by atoms with Gasteiger partial charge in [-0.25, -0.2) is 9.48 Å². The van der Waals surface area contributed by atoms with E-state index >= 15 is 0 Å². The third-order valence-corrected chi connectivity index (χ3v) is 7.87. The van der Waals surface area contributed by atoms with Gasteiger partial charge in [0.05, 0.1) is 5.52 Å². The zero-order valence-corrected chi connectivity index (χ0v) is 18.1. The lowest BCUT2D eigenvalue weighted by Crippen LogP contribution is -2.45. The van der Waals surface area contributed by atoms with Gasteiger partial charge < -0.3 is 10.4 Å². The zero-order valence-electron chi connectivity index (χ0n) is 18.1. The van der Waals surface area contributed by atoms with Gasteiger partial charge in [-0.1, -0.05) is 11.3 Å². The van der Waals surface area contributed by atoms with E-state index in [1.165, 1.54) is 43.4 Å². The van der Waals surface area contributed by atoms with Crippen molar-refractivity contribution in [1.82, 2.24) is 25.2 Å². The van der Waals surface area contributed by atoms with Crippen molar-refractivity contribution >= 4 is 23.0 Å². The highest BCUT2D eigenvalue weighted by Gasteiger charge is 2.46. The van der Waals surface area contributed by atoms with Crippen LogP contribution in [0.3, 0.4) is 0 Å². The largest absolute Gasteiger partial charge is 0.465 e. The summed E-state index contributed by atoms with van der Waals surface area (Å²) >= 11 is 0. The van der Waals surface area contributed by atoms with Crippen molar-refractivity contribution in [3.63, 3.8) is 0 Å². The Balaban J connectivity index is 1.18. The second-order valence-corrected chi connectivity index (χ2v) is 9.99. The Hall–Kier alpha value is -2.64. The van der Waals surface area contributed by atoms with Crippen LogP contribution in [0.25, 0.3) is 11.0 Å². The maximum Gasteiger partial charge on any atom is 0.407 e. The number of nitrogens with one attached hydrogen (secondary N) is 1. The molecule has 166 valence electrons. The van der Waals surface area contributed by atoms with E-state index in [9.17, 15) is 14.7 Å². The van der Waals surface area contributed by atoms with Gasteiger partial charge in [-0.2, -0.15) is 0 Å². The lowest BCUT2D eigenvalue weighted by molar-refractivity contribution is -0.125. The topological polar surface area (TPSA) is 100 Å². The van der Waals surface area contributed by atoms with Crippen molar-refractivity contribution in [2.24, 2.45) is 24.3 Å². The minimum Gasteiger partial charge on any atom is -0.465 e. The smallest absolute Gasteiger partial charge is 0.407 e. The molecule has 2 N–H and O–H groups in total. The number of likely N-dealkylation sites (tertiary alicyclic amines) is 1. The summed E-state index contributed by atoms with van der Waals surface area (Å²) < 4.78 is 1.71. The maximum absolute atomic E-state index is 12.9. The minimum atomic E-state index is -0.996. The number of carbonyl (C=O) groups excluding carboxylic acids is 1. The van der Waals surface area contributed by atoms with Crippen LogP contribution in [0.5, 0.6) is 0 Å². The Kier molecular flexibility index (Phi) is 5.10. The highest BCUT2D eigenvalue weighted by Crippen LogP contribution is 2.57. The van der Waals surface area contributed by atoms with Crippen LogP contribution in [0.1, 0.15) is 56.9 Å². The van der Waals surface area contributed by atoms with Crippen molar-refractivity contribution in [3.8, 4) is 0 Å². The van der Waals surface area contributed by atoms with E-state index in [2.05, 4.69) is 15.6 Å². The molecule has 1 spiro atoms. The van der Waals surface area contributed by atoms with Crippen molar-refractivity contribution in [1.29, 1.82) is 0 Å². The van der Waals surface area contributed by atoms with Crippen LogP contribution in [0.15, 0.2) is 18.2 Å². The van der Waals surface area contributed by atoms with Crippen LogP contribution in [0.2, 0.25) is 0 Å². The lowest BCUT2D eigenvalue weighted by Gasteiger charge is -2.30. The quantitative estimate of drug-likeness (QED) is 0.765. The lowest BCUT2D eigenvalue weighted by atomic mass is 9.76. The molecular formula is C23H31N5O3. The van der Waals surface area contributed by atoms with Gasteiger partial charge in [-0.3, -0.25) is 9.69 Å². The molecule has 2 aliphatic carbocycles. The van der Waals surface area contributed by atoms with Gasteiger partial charge >= 0.3 is 6.09 Å². The van der Waals surface area contributed by atoms with Crippen LogP contribution in [-0.4, -0.2) is 49.6 Å². The van der Waals surface area contributed by atoms with Gasteiger partial charge in [-0.15, -0.1) is 5.10 Å². The number of benzene rings is 1. The number of amides is 2. The molecule has 8 nitrogen and oxygen atoms in total. The summed E-state index contributed by atoms with van der Waals surface area (Å²) in [7, 11) is 1.84. The number of nitrogens with zero attached hydrogens (tertiary/aromatic N) is 4. The number of carbonyl (C=O) groups is 2. The molecule has 0 bridgehead atoms. The van der Waals surface area contributed by atoms with E-state index < -0.39 is 12.1 Å². The minimum absolute atomic E-state index is 0.204. The fourth-order valence-electron chi connectivity index (χ4n) is 5.73. The third kappa shape index (κ3) is 4.12. The number of aryl methyl sites for hydroxylation is 1. The second kappa shape index (κ2) is 7.80. The molecule has 5 rings (SSSR count). The first kappa shape index (κ1) is 20.3. The average molecular weight is 426 g/mol.